The van der Waals surface area contributed by atoms with Gasteiger partial charge in [-0.05, 0) is 71.7 Å². The molecule has 1 aliphatic carbocycles. The van der Waals surface area contributed by atoms with Gasteiger partial charge in [0.15, 0.2) is 0 Å². The van der Waals surface area contributed by atoms with Crippen LogP contribution in [0.1, 0.15) is 79.1 Å². The number of hydrogen-bond acceptors (Lipinski definition) is 3. The lowest BCUT2D eigenvalue weighted by Gasteiger charge is -2.35. The van der Waals surface area contributed by atoms with Gasteiger partial charge in [0, 0.05) is 12.0 Å². The summed E-state index contributed by atoms with van der Waals surface area (Å²) in [4.78, 5) is 0. The Labute approximate surface area is 188 Å². The molecule has 3 aromatic carbocycles. The normalized spacial score (nSPS) is 19.5. The first-order chi connectivity index (χ1) is 15.3. The van der Waals surface area contributed by atoms with Crippen LogP contribution in [0.15, 0.2) is 54.6 Å². The van der Waals surface area contributed by atoms with Gasteiger partial charge < -0.3 is 14.9 Å². The molecule has 2 atom stereocenters. The Morgan fingerprint density at radius 1 is 1.03 bits per heavy atom. The number of halogens is 1. The van der Waals surface area contributed by atoms with E-state index in [-0.39, 0.29) is 17.3 Å². The van der Waals surface area contributed by atoms with Crippen LogP contribution in [0.5, 0.6) is 5.75 Å². The maximum Gasteiger partial charge on any atom is 0.126 e. The quantitative estimate of drug-likeness (QED) is 0.505. The van der Waals surface area contributed by atoms with Crippen LogP contribution >= 0.6 is 0 Å². The molecule has 1 aliphatic heterocycles. The fraction of sp³-hybridized carbons (Fsp3) is 0.357. The summed E-state index contributed by atoms with van der Waals surface area (Å²) in [5.74, 6) is 0.480. The molecule has 3 aromatic rings. The smallest absolute Gasteiger partial charge is 0.126 e. The van der Waals surface area contributed by atoms with Gasteiger partial charge in [0.25, 0.3) is 0 Å². The molecular formula is C28H29FO3. The van der Waals surface area contributed by atoms with Gasteiger partial charge in [-0.1, -0.05) is 55.8 Å². The largest absolute Gasteiger partial charge is 0.487 e. The Balaban J connectivity index is 1.80. The second-order valence-corrected chi connectivity index (χ2v) is 9.65. The van der Waals surface area contributed by atoms with E-state index in [1.165, 1.54) is 12.1 Å². The third-order valence-corrected chi connectivity index (χ3v) is 6.86. The van der Waals surface area contributed by atoms with Crippen molar-refractivity contribution in [2.24, 2.45) is 0 Å². The van der Waals surface area contributed by atoms with Gasteiger partial charge in [0.2, 0.25) is 0 Å². The summed E-state index contributed by atoms with van der Waals surface area (Å²) in [6, 6.07) is 16.1. The lowest BCUT2D eigenvalue weighted by atomic mass is 9.79. The van der Waals surface area contributed by atoms with E-state index in [1.54, 1.807) is 12.1 Å². The van der Waals surface area contributed by atoms with E-state index in [0.717, 1.165) is 46.2 Å². The Hall–Kier alpha value is -2.69. The summed E-state index contributed by atoms with van der Waals surface area (Å²) in [5.41, 5.74) is 5.57. The summed E-state index contributed by atoms with van der Waals surface area (Å²) < 4.78 is 20.2. The molecule has 0 radical (unpaired) electrons. The van der Waals surface area contributed by atoms with E-state index < -0.39 is 12.2 Å². The van der Waals surface area contributed by atoms with E-state index in [1.807, 2.05) is 37.3 Å². The average molecular weight is 433 g/mol. The Morgan fingerprint density at radius 3 is 2.28 bits per heavy atom. The van der Waals surface area contributed by atoms with Crippen molar-refractivity contribution in [3.63, 3.8) is 0 Å². The zero-order valence-electron chi connectivity index (χ0n) is 18.7. The maximum atomic E-state index is 13.8. The zero-order valence-corrected chi connectivity index (χ0v) is 18.7. The highest BCUT2D eigenvalue weighted by Crippen LogP contribution is 2.56. The molecule has 3 nitrogen and oxygen atoms in total. The summed E-state index contributed by atoms with van der Waals surface area (Å²) in [6.45, 7) is 6.20. The van der Waals surface area contributed by atoms with Crippen LogP contribution in [-0.4, -0.2) is 15.8 Å². The number of rotatable bonds is 4. The highest BCUT2D eigenvalue weighted by molar-refractivity contribution is 5.78. The number of ether oxygens (including phenoxy) is 1. The van der Waals surface area contributed by atoms with Crippen molar-refractivity contribution in [1.82, 2.24) is 0 Å². The Kier molecular flexibility index (Phi) is 5.11. The predicted molar refractivity (Wildman–Crippen MR) is 123 cm³/mol. The van der Waals surface area contributed by atoms with Crippen LogP contribution in [0.2, 0.25) is 0 Å². The van der Waals surface area contributed by atoms with E-state index in [0.29, 0.717) is 17.7 Å². The predicted octanol–water partition coefficient (Wildman–Crippen LogP) is 6.35. The molecule has 0 aromatic heterocycles. The van der Waals surface area contributed by atoms with E-state index in [4.69, 9.17) is 4.74 Å². The third kappa shape index (κ3) is 3.62. The number of hydrogen-bond donors (Lipinski definition) is 2. The summed E-state index contributed by atoms with van der Waals surface area (Å²) in [7, 11) is 0. The molecule has 0 bridgehead atoms. The average Bonchev–Trinajstić information content (AvgIpc) is 3.51. The molecule has 0 saturated heterocycles. The number of fused-ring (bicyclic) bond motifs is 1. The Bertz CT molecular complexity index is 1140. The molecule has 2 aliphatic rings. The number of aryl methyl sites for hydroxylation is 1. The first kappa shape index (κ1) is 21.2. The fourth-order valence-corrected chi connectivity index (χ4v) is 4.91. The molecule has 32 heavy (non-hydrogen) atoms. The van der Waals surface area contributed by atoms with Crippen molar-refractivity contribution in [2.75, 3.05) is 0 Å². The van der Waals surface area contributed by atoms with Crippen LogP contribution in [0.4, 0.5) is 4.39 Å². The second kappa shape index (κ2) is 7.72. The van der Waals surface area contributed by atoms with E-state index in [9.17, 15) is 14.6 Å². The maximum absolute atomic E-state index is 13.8. The van der Waals surface area contributed by atoms with Gasteiger partial charge in [0.05, 0.1) is 6.10 Å². The molecule has 166 valence electrons. The standard InChI is InChI=1S/C28H29FO3/c1-16(2)21-14-23-26(22(30)15-28(32-23)12-13-28)24(18-8-10-20(29)11-9-18)25(21)27(31)19-6-4-17(3)5-7-19/h4-11,14,16,22,27,30-31H,12-13,15H2,1-3H3/t22-,27-/m0/s1. The van der Waals surface area contributed by atoms with Gasteiger partial charge in [0.1, 0.15) is 23.3 Å². The minimum atomic E-state index is -0.887. The summed E-state index contributed by atoms with van der Waals surface area (Å²) in [5, 5.41) is 22.9. The van der Waals surface area contributed by atoms with Gasteiger partial charge in [-0.25, -0.2) is 4.39 Å². The van der Waals surface area contributed by atoms with Crippen molar-refractivity contribution in [3.05, 3.63) is 88.2 Å². The summed E-state index contributed by atoms with van der Waals surface area (Å²) >= 11 is 0. The van der Waals surface area contributed by atoms with Gasteiger partial charge >= 0.3 is 0 Å². The minimum absolute atomic E-state index is 0.118. The molecular weight excluding hydrogens is 403 g/mol. The first-order valence-corrected chi connectivity index (χ1v) is 11.4. The number of aliphatic hydroxyl groups is 2. The van der Waals surface area contributed by atoms with Crippen molar-refractivity contribution in [2.45, 2.75) is 63.8 Å². The van der Waals surface area contributed by atoms with Gasteiger partial charge in [-0.15, -0.1) is 0 Å². The molecule has 2 N–H and O–H groups in total. The van der Waals surface area contributed by atoms with Crippen LogP contribution in [-0.2, 0) is 0 Å². The summed E-state index contributed by atoms with van der Waals surface area (Å²) in [6.07, 6.45) is 0.837. The van der Waals surface area contributed by atoms with Gasteiger partial charge in [-0.2, -0.15) is 0 Å². The highest BCUT2D eigenvalue weighted by atomic mass is 19.1. The number of benzene rings is 3. The SMILES string of the molecule is Cc1ccc([C@H](O)c2c(C(C)C)cc3c(c2-c2ccc(F)cc2)[C@@H](O)CC2(CC2)O3)cc1. The van der Waals surface area contributed by atoms with Crippen LogP contribution in [0.25, 0.3) is 11.1 Å². The molecule has 4 heteroatoms. The number of aliphatic hydroxyl groups excluding tert-OH is 2. The lowest BCUT2D eigenvalue weighted by Crippen LogP contribution is -2.28. The molecule has 1 fully saturated rings. The minimum Gasteiger partial charge on any atom is -0.487 e. The first-order valence-electron chi connectivity index (χ1n) is 11.4. The fourth-order valence-electron chi connectivity index (χ4n) is 4.91. The molecule has 1 spiro atoms. The second-order valence-electron chi connectivity index (χ2n) is 9.65. The van der Waals surface area contributed by atoms with Crippen molar-refractivity contribution >= 4 is 0 Å². The molecule has 0 unspecified atom stereocenters. The van der Waals surface area contributed by atoms with Crippen molar-refractivity contribution in [3.8, 4) is 16.9 Å². The molecule has 0 amide bonds. The van der Waals surface area contributed by atoms with E-state index in [2.05, 4.69) is 13.8 Å². The van der Waals surface area contributed by atoms with E-state index >= 15 is 0 Å². The van der Waals surface area contributed by atoms with Crippen LogP contribution < -0.4 is 4.74 Å². The molecule has 1 heterocycles. The van der Waals surface area contributed by atoms with Crippen LogP contribution in [0.3, 0.4) is 0 Å². The van der Waals surface area contributed by atoms with Crippen LogP contribution in [0, 0.1) is 12.7 Å². The zero-order chi connectivity index (χ0) is 22.6. The monoisotopic (exact) mass is 432 g/mol. The van der Waals surface area contributed by atoms with Crippen molar-refractivity contribution in [1.29, 1.82) is 0 Å². The molecule has 5 rings (SSSR count). The topological polar surface area (TPSA) is 49.7 Å². The lowest BCUT2D eigenvalue weighted by molar-refractivity contribution is 0.0518. The molecule has 1 saturated carbocycles. The highest BCUT2D eigenvalue weighted by Gasteiger charge is 2.51. The Morgan fingerprint density at radius 2 is 1.69 bits per heavy atom. The van der Waals surface area contributed by atoms with Gasteiger partial charge in [-0.3, -0.25) is 0 Å². The third-order valence-electron chi connectivity index (χ3n) is 6.86. The van der Waals surface area contributed by atoms with Crippen molar-refractivity contribution < 1.29 is 19.3 Å².